The van der Waals surface area contributed by atoms with Crippen LogP contribution in [0.2, 0.25) is 0 Å². The van der Waals surface area contributed by atoms with E-state index in [2.05, 4.69) is 5.10 Å². The van der Waals surface area contributed by atoms with E-state index in [1.807, 2.05) is 48.5 Å². The first-order chi connectivity index (χ1) is 10.7. The van der Waals surface area contributed by atoms with E-state index in [4.69, 9.17) is 0 Å². The minimum atomic E-state index is 0.0539. The van der Waals surface area contributed by atoms with E-state index < -0.39 is 0 Å². The first-order valence-corrected chi connectivity index (χ1v) is 6.89. The van der Waals surface area contributed by atoms with E-state index in [9.17, 15) is 9.59 Å². The molecule has 4 nitrogen and oxygen atoms in total. The molecule has 0 saturated heterocycles. The first-order valence-electron chi connectivity index (χ1n) is 6.89. The zero-order valence-corrected chi connectivity index (χ0v) is 12.1. The highest BCUT2D eigenvalue weighted by Gasteiger charge is 2.04. The van der Waals surface area contributed by atoms with Crippen LogP contribution in [0, 0.1) is 0 Å². The fourth-order valence-electron chi connectivity index (χ4n) is 2.26. The van der Waals surface area contributed by atoms with Gasteiger partial charge in [-0.05, 0) is 30.2 Å². The zero-order chi connectivity index (χ0) is 15.5. The van der Waals surface area contributed by atoms with Crippen molar-refractivity contribution in [2.75, 3.05) is 0 Å². The molecule has 2 aromatic carbocycles. The molecule has 0 aliphatic rings. The summed E-state index contributed by atoms with van der Waals surface area (Å²) in [5.74, 6) is 0.0539. The summed E-state index contributed by atoms with van der Waals surface area (Å²) in [4.78, 5) is 22.1. The normalized spacial score (nSPS) is 10.4. The summed E-state index contributed by atoms with van der Waals surface area (Å²) in [6.45, 7) is 1.55. The molecule has 0 N–H and O–H groups in total. The second kappa shape index (κ2) is 5.77. The number of aromatic nitrogens is 2. The van der Waals surface area contributed by atoms with Crippen molar-refractivity contribution < 1.29 is 9.59 Å². The quantitative estimate of drug-likeness (QED) is 0.545. The van der Waals surface area contributed by atoms with Gasteiger partial charge in [-0.3, -0.25) is 9.59 Å². The SMILES string of the molecule is CC(=O)c1ccc(-c2cccc(-n3cc(C=O)cn3)c2)cc1. The third kappa shape index (κ3) is 2.72. The van der Waals surface area contributed by atoms with Crippen LogP contribution in [0.15, 0.2) is 60.9 Å². The molecule has 0 aliphatic carbocycles. The number of hydrogen-bond donors (Lipinski definition) is 0. The second-order valence-corrected chi connectivity index (χ2v) is 5.02. The highest BCUT2D eigenvalue weighted by atomic mass is 16.1. The maximum atomic E-state index is 11.3. The molecule has 3 rings (SSSR count). The Morgan fingerprint density at radius 2 is 1.86 bits per heavy atom. The van der Waals surface area contributed by atoms with Crippen molar-refractivity contribution in [2.45, 2.75) is 6.92 Å². The summed E-state index contributed by atoms with van der Waals surface area (Å²) in [5.41, 5.74) is 4.16. The van der Waals surface area contributed by atoms with Crippen molar-refractivity contribution in [1.29, 1.82) is 0 Å². The van der Waals surface area contributed by atoms with E-state index in [1.54, 1.807) is 17.8 Å². The largest absolute Gasteiger partial charge is 0.298 e. The van der Waals surface area contributed by atoms with Crippen LogP contribution in [0.5, 0.6) is 0 Å². The van der Waals surface area contributed by atoms with Crippen LogP contribution in [0.25, 0.3) is 16.8 Å². The minimum absolute atomic E-state index is 0.0539. The molecule has 0 radical (unpaired) electrons. The molecule has 3 aromatic rings. The standard InChI is InChI=1S/C18H14N2O2/c1-13(22)15-5-7-16(8-6-15)17-3-2-4-18(9-17)20-11-14(12-21)10-19-20/h2-12H,1H3. The average Bonchev–Trinajstić information content (AvgIpc) is 3.04. The summed E-state index contributed by atoms with van der Waals surface area (Å²) in [6, 6.07) is 15.3. The predicted octanol–water partition coefficient (Wildman–Crippen LogP) is 3.55. The lowest BCUT2D eigenvalue weighted by molar-refractivity contribution is 0.101. The van der Waals surface area contributed by atoms with Gasteiger partial charge in [0.1, 0.15) is 0 Å². The van der Waals surface area contributed by atoms with E-state index in [0.29, 0.717) is 11.1 Å². The lowest BCUT2D eigenvalue weighted by atomic mass is 10.0. The van der Waals surface area contributed by atoms with Crippen LogP contribution in [-0.4, -0.2) is 21.8 Å². The molecule has 22 heavy (non-hydrogen) atoms. The van der Waals surface area contributed by atoms with Crippen LogP contribution < -0.4 is 0 Å². The summed E-state index contributed by atoms with van der Waals surface area (Å²) < 4.78 is 1.66. The molecule has 0 saturated carbocycles. The van der Waals surface area contributed by atoms with Gasteiger partial charge in [0, 0.05) is 11.8 Å². The molecular weight excluding hydrogens is 276 g/mol. The Morgan fingerprint density at radius 3 is 2.50 bits per heavy atom. The fourth-order valence-corrected chi connectivity index (χ4v) is 2.26. The number of carbonyl (C=O) groups excluding carboxylic acids is 2. The van der Waals surface area contributed by atoms with Gasteiger partial charge in [0.25, 0.3) is 0 Å². The van der Waals surface area contributed by atoms with Crippen molar-refractivity contribution in [2.24, 2.45) is 0 Å². The molecule has 108 valence electrons. The van der Waals surface area contributed by atoms with E-state index in [0.717, 1.165) is 23.1 Å². The fraction of sp³-hybridized carbons (Fsp3) is 0.0556. The summed E-state index contributed by atoms with van der Waals surface area (Å²) in [7, 11) is 0. The molecule has 0 aliphatic heterocycles. The Kier molecular flexibility index (Phi) is 3.66. The van der Waals surface area contributed by atoms with Crippen molar-refractivity contribution in [3.8, 4) is 16.8 Å². The Bertz CT molecular complexity index is 832. The summed E-state index contributed by atoms with van der Waals surface area (Å²) in [6.07, 6.45) is 3.99. The van der Waals surface area contributed by atoms with Crippen molar-refractivity contribution >= 4 is 12.1 Å². The van der Waals surface area contributed by atoms with Gasteiger partial charge in [0.05, 0.1) is 17.4 Å². The van der Waals surface area contributed by atoms with Gasteiger partial charge in [-0.15, -0.1) is 0 Å². The van der Waals surface area contributed by atoms with Gasteiger partial charge >= 0.3 is 0 Å². The molecule has 0 spiro atoms. The molecule has 1 heterocycles. The Balaban J connectivity index is 1.96. The molecule has 0 unspecified atom stereocenters. The van der Waals surface area contributed by atoms with Gasteiger partial charge in [0.2, 0.25) is 0 Å². The maximum Gasteiger partial charge on any atom is 0.159 e. The lowest BCUT2D eigenvalue weighted by Gasteiger charge is -2.06. The highest BCUT2D eigenvalue weighted by Crippen LogP contribution is 2.22. The number of hydrogen-bond acceptors (Lipinski definition) is 3. The molecule has 4 heteroatoms. The van der Waals surface area contributed by atoms with Crippen LogP contribution in [0.3, 0.4) is 0 Å². The van der Waals surface area contributed by atoms with Crippen molar-refractivity contribution in [3.05, 3.63) is 72.1 Å². The zero-order valence-electron chi connectivity index (χ0n) is 12.1. The lowest BCUT2D eigenvalue weighted by Crippen LogP contribution is -1.95. The number of Topliss-reactive ketones (excluding diaryl/α,β-unsaturated/α-hetero) is 1. The number of benzene rings is 2. The van der Waals surface area contributed by atoms with E-state index in [1.165, 1.54) is 6.20 Å². The van der Waals surface area contributed by atoms with Crippen molar-refractivity contribution in [1.82, 2.24) is 9.78 Å². The first kappa shape index (κ1) is 13.9. The van der Waals surface area contributed by atoms with Crippen LogP contribution in [0.1, 0.15) is 27.6 Å². The molecule has 1 aromatic heterocycles. The third-order valence-corrected chi connectivity index (χ3v) is 3.47. The Hall–Kier alpha value is -3.01. The molecule has 0 atom stereocenters. The van der Waals surface area contributed by atoms with Crippen LogP contribution in [0.4, 0.5) is 0 Å². The highest BCUT2D eigenvalue weighted by molar-refractivity contribution is 5.94. The Morgan fingerprint density at radius 1 is 1.09 bits per heavy atom. The topological polar surface area (TPSA) is 52.0 Å². The monoisotopic (exact) mass is 290 g/mol. The number of carbonyl (C=O) groups is 2. The second-order valence-electron chi connectivity index (χ2n) is 5.02. The van der Waals surface area contributed by atoms with Gasteiger partial charge in [-0.25, -0.2) is 4.68 Å². The summed E-state index contributed by atoms with van der Waals surface area (Å²) in [5, 5.41) is 4.17. The van der Waals surface area contributed by atoms with Gasteiger partial charge in [-0.1, -0.05) is 36.4 Å². The van der Waals surface area contributed by atoms with Gasteiger partial charge in [0.15, 0.2) is 12.1 Å². The van der Waals surface area contributed by atoms with E-state index in [-0.39, 0.29) is 5.78 Å². The minimum Gasteiger partial charge on any atom is -0.298 e. The number of nitrogens with zero attached hydrogens (tertiary/aromatic N) is 2. The maximum absolute atomic E-state index is 11.3. The Labute approximate surface area is 128 Å². The van der Waals surface area contributed by atoms with Crippen molar-refractivity contribution in [3.63, 3.8) is 0 Å². The number of ketones is 1. The van der Waals surface area contributed by atoms with Gasteiger partial charge in [-0.2, -0.15) is 5.10 Å². The average molecular weight is 290 g/mol. The summed E-state index contributed by atoms with van der Waals surface area (Å²) >= 11 is 0. The van der Waals surface area contributed by atoms with Gasteiger partial charge < -0.3 is 0 Å². The number of rotatable bonds is 4. The number of aldehydes is 1. The van der Waals surface area contributed by atoms with E-state index >= 15 is 0 Å². The van der Waals surface area contributed by atoms with Crippen LogP contribution in [-0.2, 0) is 0 Å². The van der Waals surface area contributed by atoms with Crippen LogP contribution >= 0.6 is 0 Å². The third-order valence-electron chi connectivity index (χ3n) is 3.47. The molecule has 0 bridgehead atoms. The predicted molar refractivity (Wildman–Crippen MR) is 84.4 cm³/mol. The molecular formula is C18H14N2O2. The molecule has 0 fully saturated rings. The smallest absolute Gasteiger partial charge is 0.159 e. The molecule has 0 amide bonds.